The summed E-state index contributed by atoms with van der Waals surface area (Å²) < 4.78 is 33.1. The summed E-state index contributed by atoms with van der Waals surface area (Å²) in [6.07, 6.45) is 4.16. The molecule has 8 heteroatoms. The number of methoxy groups -OCH3 is 1. The zero-order valence-corrected chi connectivity index (χ0v) is 19.7. The van der Waals surface area contributed by atoms with Crippen molar-refractivity contribution in [2.24, 2.45) is 0 Å². The molecule has 1 amide bonds. The molecule has 1 heterocycles. The first kappa shape index (κ1) is 23.6. The van der Waals surface area contributed by atoms with Crippen molar-refractivity contribution in [3.05, 3.63) is 48.0 Å². The minimum atomic E-state index is -3.60. The largest absolute Gasteiger partial charge is 0.495 e. The summed E-state index contributed by atoms with van der Waals surface area (Å²) in [6.45, 7) is 3.11. The highest BCUT2D eigenvalue weighted by molar-refractivity contribution is 7.99. The van der Waals surface area contributed by atoms with E-state index in [-0.39, 0.29) is 10.8 Å². The predicted molar refractivity (Wildman–Crippen MR) is 125 cm³/mol. The van der Waals surface area contributed by atoms with E-state index in [1.54, 1.807) is 28.2 Å². The van der Waals surface area contributed by atoms with Gasteiger partial charge in [0, 0.05) is 30.2 Å². The fraction of sp³-hybridized carbons (Fsp3) is 0.435. The molecule has 0 bridgehead atoms. The number of sulfonamides is 1. The number of hydrogen-bond donors (Lipinski definition) is 1. The molecule has 0 aromatic heterocycles. The monoisotopic (exact) mass is 462 g/mol. The van der Waals surface area contributed by atoms with E-state index in [1.165, 1.54) is 18.7 Å². The SMILES string of the molecule is COc1ccc(S(=O)(=O)N2CCCCCC2)cc1NC(=O)CCSc1ccc(C)cc1. The maximum atomic E-state index is 13.1. The van der Waals surface area contributed by atoms with Crippen molar-refractivity contribution in [2.45, 2.75) is 48.8 Å². The molecule has 0 aliphatic carbocycles. The van der Waals surface area contributed by atoms with E-state index in [0.717, 1.165) is 30.6 Å². The molecular formula is C23H30N2O4S2. The number of anilines is 1. The van der Waals surface area contributed by atoms with Gasteiger partial charge in [-0.25, -0.2) is 8.42 Å². The van der Waals surface area contributed by atoms with Gasteiger partial charge >= 0.3 is 0 Å². The summed E-state index contributed by atoms with van der Waals surface area (Å²) in [4.78, 5) is 13.8. The number of thioether (sulfide) groups is 1. The van der Waals surface area contributed by atoms with Crippen molar-refractivity contribution in [3.8, 4) is 5.75 Å². The van der Waals surface area contributed by atoms with E-state index in [2.05, 4.69) is 5.32 Å². The van der Waals surface area contributed by atoms with E-state index in [9.17, 15) is 13.2 Å². The molecule has 1 fully saturated rings. The molecule has 0 unspecified atom stereocenters. The Morgan fingerprint density at radius 2 is 1.74 bits per heavy atom. The Morgan fingerprint density at radius 1 is 1.06 bits per heavy atom. The van der Waals surface area contributed by atoms with Crippen LogP contribution in [-0.4, -0.2) is 44.6 Å². The summed E-state index contributed by atoms with van der Waals surface area (Å²) >= 11 is 1.61. The van der Waals surface area contributed by atoms with E-state index in [0.29, 0.717) is 36.7 Å². The fourth-order valence-electron chi connectivity index (χ4n) is 3.49. The maximum absolute atomic E-state index is 13.1. The normalized spacial score (nSPS) is 15.3. The van der Waals surface area contributed by atoms with Crippen LogP contribution in [-0.2, 0) is 14.8 Å². The average Bonchev–Trinajstić information content (AvgIpc) is 3.05. The summed E-state index contributed by atoms with van der Waals surface area (Å²) in [7, 11) is -2.10. The van der Waals surface area contributed by atoms with Crippen LogP contribution in [0.15, 0.2) is 52.3 Å². The predicted octanol–water partition coefficient (Wildman–Crippen LogP) is 4.69. The molecule has 31 heavy (non-hydrogen) atoms. The second kappa shape index (κ2) is 11.0. The van der Waals surface area contributed by atoms with Gasteiger partial charge in [-0.2, -0.15) is 4.31 Å². The Bertz CT molecular complexity index is 983. The number of carbonyl (C=O) groups excluding carboxylic acids is 1. The van der Waals surface area contributed by atoms with E-state index < -0.39 is 10.0 Å². The van der Waals surface area contributed by atoms with Crippen LogP contribution >= 0.6 is 11.8 Å². The van der Waals surface area contributed by atoms with Gasteiger partial charge in [-0.05, 0) is 50.1 Å². The maximum Gasteiger partial charge on any atom is 0.243 e. The highest BCUT2D eigenvalue weighted by Gasteiger charge is 2.26. The van der Waals surface area contributed by atoms with Gasteiger partial charge in [0.25, 0.3) is 0 Å². The van der Waals surface area contributed by atoms with Crippen molar-refractivity contribution in [2.75, 3.05) is 31.3 Å². The molecule has 1 N–H and O–H groups in total. The highest BCUT2D eigenvalue weighted by atomic mass is 32.2. The number of nitrogens with zero attached hydrogens (tertiary/aromatic N) is 1. The minimum absolute atomic E-state index is 0.178. The fourth-order valence-corrected chi connectivity index (χ4v) is 5.88. The molecular weight excluding hydrogens is 432 g/mol. The van der Waals surface area contributed by atoms with Gasteiger partial charge in [0.2, 0.25) is 15.9 Å². The molecule has 0 spiro atoms. The number of carbonyl (C=O) groups is 1. The Kier molecular flexibility index (Phi) is 8.40. The molecule has 3 rings (SSSR count). The summed E-state index contributed by atoms with van der Waals surface area (Å²) in [6, 6.07) is 12.8. The first-order valence-electron chi connectivity index (χ1n) is 10.6. The minimum Gasteiger partial charge on any atom is -0.495 e. The summed E-state index contributed by atoms with van der Waals surface area (Å²) in [5.74, 6) is 0.889. The number of benzene rings is 2. The lowest BCUT2D eigenvalue weighted by molar-refractivity contribution is -0.115. The van der Waals surface area contributed by atoms with Crippen molar-refractivity contribution in [1.82, 2.24) is 4.31 Å². The van der Waals surface area contributed by atoms with Gasteiger partial charge in [-0.1, -0.05) is 30.5 Å². The number of nitrogens with one attached hydrogen (secondary N) is 1. The molecule has 2 aromatic carbocycles. The zero-order chi connectivity index (χ0) is 22.3. The highest BCUT2D eigenvalue weighted by Crippen LogP contribution is 2.30. The zero-order valence-electron chi connectivity index (χ0n) is 18.1. The molecule has 168 valence electrons. The van der Waals surface area contributed by atoms with Crippen molar-refractivity contribution in [3.63, 3.8) is 0 Å². The molecule has 6 nitrogen and oxygen atoms in total. The van der Waals surface area contributed by atoms with Crippen LogP contribution < -0.4 is 10.1 Å². The number of rotatable bonds is 8. The topological polar surface area (TPSA) is 75.7 Å². The Labute approximate surface area is 189 Å². The quantitative estimate of drug-likeness (QED) is 0.576. The third-order valence-corrected chi connectivity index (χ3v) is 8.18. The Balaban J connectivity index is 1.66. The molecule has 0 saturated carbocycles. The van der Waals surface area contributed by atoms with Crippen molar-refractivity contribution >= 4 is 33.4 Å². The molecule has 0 radical (unpaired) electrons. The molecule has 1 saturated heterocycles. The summed E-state index contributed by atoms with van der Waals surface area (Å²) in [5, 5.41) is 2.82. The van der Waals surface area contributed by atoms with Crippen LogP contribution in [0.4, 0.5) is 5.69 Å². The Hall–Kier alpha value is -2.03. The van der Waals surface area contributed by atoms with E-state index in [4.69, 9.17) is 4.74 Å². The first-order valence-corrected chi connectivity index (χ1v) is 13.0. The third-order valence-electron chi connectivity index (χ3n) is 5.27. The Morgan fingerprint density at radius 3 is 2.39 bits per heavy atom. The lowest BCUT2D eigenvalue weighted by Gasteiger charge is -2.21. The summed E-state index contributed by atoms with van der Waals surface area (Å²) in [5.41, 5.74) is 1.58. The standard InChI is InChI=1S/C23H30N2O4S2/c1-18-7-9-19(10-8-18)30-16-13-23(26)24-21-17-20(11-12-22(21)29-2)31(27,28)25-14-5-3-4-6-15-25/h7-12,17H,3-6,13-16H2,1-2H3,(H,24,26). The van der Waals surface area contributed by atoms with Crippen LogP contribution in [0.2, 0.25) is 0 Å². The van der Waals surface area contributed by atoms with Gasteiger partial charge in [-0.3, -0.25) is 4.79 Å². The number of amides is 1. The van der Waals surface area contributed by atoms with Crippen LogP contribution in [0.1, 0.15) is 37.7 Å². The second-order valence-electron chi connectivity index (χ2n) is 7.64. The molecule has 1 aliphatic rings. The average molecular weight is 463 g/mol. The van der Waals surface area contributed by atoms with Crippen LogP contribution in [0, 0.1) is 6.92 Å². The third kappa shape index (κ3) is 6.48. The van der Waals surface area contributed by atoms with Crippen LogP contribution in [0.3, 0.4) is 0 Å². The molecule has 2 aromatic rings. The van der Waals surface area contributed by atoms with Crippen LogP contribution in [0.25, 0.3) is 0 Å². The van der Waals surface area contributed by atoms with Gasteiger partial charge in [0.05, 0.1) is 17.7 Å². The van der Waals surface area contributed by atoms with Gasteiger partial charge in [0.1, 0.15) is 5.75 Å². The molecule has 0 atom stereocenters. The number of hydrogen-bond acceptors (Lipinski definition) is 5. The van der Waals surface area contributed by atoms with Gasteiger partial charge in [-0.15, -0.1) is 11.8 Å². The smallest absolute Gasteiger partial charge is 0.243 e. The van der Waals surface area contributed by atoms with Gasteiger partial charge < -0.3 is 10.1 Å². The van der Waals surface area contributed by atoms with Crippen LogP contribution in [0.5, 0.6) is 5.75 Å². The van der Waals surface area contributed by atoms with Gasteiger partial charge in [0.15, 0.2) is 0 Å². The lowest BCUT2D eigenvalue weighted by atomic mass is 10.2. The second-order valence-corrected chi connectivity index (χ2v) is 10.7. The van der Waals surface area contributed by atoms with Crippen molar-refractivity contribution < 1.29 is 17.9 Å². The number of ether oxygens (including phenoxy) is 1. The first-order chi connectivity index (χ1) is 14.9. The van der Waals surface area contributed by atoms with Crippen molar-refractivity contribution in [1.29, 1.82) is 0 Å². The van der Waals surface area contributed by atoms with E-state index >= 15 is 0 Å². The lowest BCUT2D eigenvalue weighted by Crippen LogP contribution is -2.32. The van der Waals surface area contributed by atoms with E-state index in [1.807, 2.05) is 31.2 Å². The molecule has 1 aliphatic heterocycles. The number of aryl methyl sites for hydroxylation is 1.